The van der Waals surface area contributed by atoms with Crippen molar-refractivity contribution in [2.75, 3.05) is 12.3 Å². The largest absolute Gasteiger partial charge is 0.464 e. The van der Waals surface area contributed by atoms with Crippen LogP contribution in [0.1, 0.15) is 35.2 Å². The van der Waals surface area contributed by atoms with E-state index in [4.69, 9.17) is 10.2 Å². The summed E-state index contributed by atoms with van der Waals surface area (Å²) >= 11 is 0. The van der Waals surface area contributed by atoms with Gasteiger partial charge in [-0.2, -0.15) is 5.26 Å². The summed E-state index contributed by atoms with van der Waals surface area (Å²) in [7, 11) is 0. The number of hydrogen-bond donors (Lipinski definition) is 1. The number of pyridine rings is 1. The molecule has 0 aliphatic carbocycles. The lowest BCUT2D eigenvalue weighted by molar-refractivity contribution is 0.224. The minimum atomic E-state index is 0.228. The van der Waals surface area contributed by atoms with Crippen LogP contribution in [-0.2, 0) is 13.1 Å². The number of nitrogens with zero attached hydrogens (tertiary/aromatic N) is 3. The van der Waals surface area contributed by atoms with Crippen LogP contribution >= 0.6 is 0 Å². The highest BCUT2D eigenvalue weighted by Crippen LogP contribution is 2.38. The average molecular weight is 344 g/mol. The second-order valence-electron chi connectivity index (χ2n) is 6.76. The topological polar surface area (TPSA) is 79.1 Å². The van der Waals surface area contributed by atoms with Gasteiger partial charge < -0.3 is 10.2 Å². The minimum Gasteiger partial charge on any atom is -0.464 e. The number of anilines is 1. The fraction of sp³-hybridized carbons (Fsp3) is 0.238. The molecule has 5 nitrogen and oxygen atoms in total. The van der Waals surface area contributed by atoms with Gasteiger partial charge >= 0.3 is 0 Å². The third-order valence-corrected chi connectivity index (χ3v) is 4.87. The second-order valence-corrected chi connectivity index (χ2v) is 6.76. The molecule has 1 aliphatic heterocycles. The number of fused-ring (bicyclic) bond motifs is 1. The van der Waals surface area contributed by atoms with E-state index in [0.29, 0.717) is 17.9 Å². The fourth-order valence-corrected chi connectivity index (χ4v) is 3.76. The molecule has 0 radical (unpaired) electrons. The Bertz CT molecular complexity index is 958. The minimum absolute atomic E-state index is 0.228. The quantitative estimate of drug-likeness (QED) is 0.779. The monoisotopic (exact) mass is 344 g/mol. The van der Waals surface area contributed by atoms with E-state index in [-0.39, 0.29) is 11.7 Å². The maximum Gasteiger partial charge on any atom is 0.142 e. The van der Waals surface area contributed by atoms with Crippen molar-refractivity contribution in [3.05, 3.63) is 71.1 Å². The van der Waals surface area contributed by atoms with Crippen molar-refractivity contribution in [1.82, 2.24) is 9.88 Å². The van der Waals surface area contributed by atoms with Crippen molar-refractivity contribution in [3.8, 4) is 17.4 Å². The molecule has 3 heterocycles. The Kier molecular flexibility index (Phi) is 4.19. The molecule has 0 bridgehead atoms. The summed E-state index contributed by atoms with van der Waals surface area (Å²) in [6.07, 6.45) is 1.62. The van der Waals surface area contributed by atoms with Gasteiger partial charge in [-0.15, -0.1) is 0 Å². The van der Waals surface area contributed by atoms with E-state index in [0.717, 1.165) is 29.9 Å². The van der Waals surface area contributed by atoms with Crippen molar-refractivity contribution < 1.29 is 4.42 Å². The molecule has 5 heteroatoms. The molecule has 26 heavy (non-hydrogen) atoms. The molecule has 0 saturated carbocycles. The number of nitriles is 1. The predicted octanol–water partition coefficient (Wildman–Crippen LogP) is 3.91. The summed E-state index contributed by atoms with van der Waals surface area (Å²) in [5.74, 6) is 1.17. The Morgan fingerprint density at radius 2 is 2.08 bits per heavy atom. The second kappa shape index (κ2) is 6.66. The standard InChI is InChI=1S/C21H20N4O/c1-14-11-25(12-15-6-3-2-4-7-15)13-17-19(18-8-5-9-26-18)16(10-22)21(23)24-20(14)17/h2-9,14H,11-13H2,1H3,(H2,23,24)/t14-/m0/s1. The summed E-state index contributed by atoms with van der Waals surface area (Å²) in [5.41, 5.74) is 10.6. The fourth-order valence-electron chi connectivity index (χ4n) is 3.76. The molecule has 0 spiro atoms. The average Bonchev–Trinajstić information content (AvgIpc) is 3.16. The Labute approximate surface area is 152 Å². The zero-order valence-electron chi connectivity index (χ0n) is 14.6. The van der Waals surface area contributed by atoms with E-state index in [1.54, 1.807) is 6.26 Å². The van der Waals surface area contributed by atoms with Crippen LogP contribution in [0.3, 0.4) is 0 Å². The maximum atomic E-state index is 9.64. The van der Waals surface area contributed by atoms with Crippen LogP contribution in [0.5, 0.6) is 0 Å². The summed E-state index contributed by atoms with van der Waals surface area (Å²) in [6.45, 7) is 4.62. The van der Waals surface area contributed by atoms with Crippen molar-refractivity contribution in [2.45, 2.75) is 25.9 Å². The number of benzene rings is 1. The van der Waals surface area contributed by atoms with Crippen molar-refractivity contribution in [3.63, 3.8) is 0 Å². The SMILES string of the molecule is C[C@H]1CN(Cc2ccccc2)Cc2c1nc(N)c(C#N)c2-c1ccco1. The van der Waals surface area contributed by atoms with E-state index in [1.807, 2.05) is 18.2 Å². The number of nitrogen functional groups attached to an aromatic ring is 1. The first-order valence-electron chi connectivity index (χ1n) is 8.70. The van der Waals surface area contributed by atoms with Gasteiger partial charge in [0.1, 0.15) is 23.2 Å². The summed E-state index contributed by atoms with van der Waals surface area (Å²) in [4.78, 5) is 6.95. The van der Waals surface area contributed by atoms with Crippen molar-refractivity contribution in [1.29, 1.82) is 5.26 Å². The van der Waals surface area contributed by atoms with E-state index < -0.39 is 0 Å². The number of rotatable bonds is 3. The molecule has 0 saturated heterocycles. The van der Waals surface area contributed by atoms with Gasteiger partial charge in [0.2, 0.25) is 0 Å². The Morgan fingerprint density at radius 3 is 2.77 bits per heavy atom. The molecular formula is C21H20N4O. The summed E-state index contributed by atoms with van der Waals surface area (Å²) in [6, 6.07) is 16.3. The van der Waals surface area contributed by atoms with E-state index in [2.05, 4.69) is 47.1 Å². The lowest BCUT2D eigenvalue weighted by Gasteiger charge is -2.34. The van der Waals surface area contributed by atoms with E-state index in [9.17, 15) is 5.26 Å². The first kappa shape index (κ1) is 16.4. The Morgan fingerprint density at radius 1 is 1.27 bits per heavy atom. The Hall–Kier alpha value is -3.10. The van der Waals surface area contributed by atoms with Gasteiger partial charge in [0.25, 0.3) is 0 Å². The zero-order chi connectivity index (χ0) is 18.1. The highest BCUT2D eigenvalue weighted by atomic mass is 16.3. The first-order valence-corrected chi connectivity index (χ1v) is 8.70. The Balaban J connectivity index is 1.79. The molecule has 1 aliphatic rings. The molecule has 130 valence electrons. The van der Waals surface area contributed by atoms with Gasteiger partial charge in [0.05, 0.1) is 12.0 Å². The van der Waals surface area contributed by atoms with Crippen molar-refractivity contribution in [2.24, 2.45) is 0 Å². The van der Waals surface area contributed by atoms with Gasteiger partial charge in [-0.3, -0.25) is 4.90 Å². The van der Waals surface area contributed by atoms with Gasteiger partial charge in [0.15, 0.2) is 0 Å². The zero-order valence-corrected chi connectivity index (χ0v) is 14.6. The molecule has 0 amide bonds. The molecule has 0 fully saturated rings. The van der Waals surface area contributed by atoms with Crippen LogP contribution in [0.15, 0.2) is 53.1 Å². The van der Waals surface area contributed by atoms with E-state index in [1.165, 1.54) is 5.56 Å². The summed E-state index contributed by atoms with van der Waals surface area (Å²) in [5, 5.41) is 9.64. The van der Waals surface area contributed by atoms with Crippen LogP contribution < -0.4 is 5.73 Å². The molecule has 2 aromatic heterocycles. The van der Waals surface area contributed by atoms with Gasteiger partial charge in [0, 0.05) is 36.7 Å². The molecule has 1 aromatic carbocycles. The number of nitrogens with two attached hydrogens (primary N) is 1. The van der Waals surface area contributed by atoms with Crippen LogP contribution in [-0.4, -0.2) is 16.4 Å². The third-order valence-electron chi connectivity index (χ3n) is 4.87. The first-order chi connectivity index (χ1) is 12.7. The molecular weight excluding hydrogens is 324 g/mol. The highest BCUT2D eigenvalue weighted by Gasteiger charge is 2.30. The van der Waals surface area contributed by atoms with Crippen LogP contribution in [0.25, 0.3) is 11.3 Å². The number of hydrogen-bond acceptors (Lipinski definition) is 5. The lowest BCUT2D eigenvalue weighted by atomic mass is 9.89. The normalized spacial score (nSPS) is 16.8. The maximum absolute atomic E-state index is 9.64. The third kappa shape index (κ3) is 2.85. The highest BCUT2D eigenvalue weighted by molar-refractivity contribution is 5.76. The molecule has 2 N–H and O–H groups in total. The molecule has 0 unspecified atom stereocenters. The van der Waals surface area contributed by atoms with Crippen LogP contribution in [0, 0.1) is 11.3 Å². The summed E-state index contributed by atoms with van der Waals surface area (Å²) < 4.78 is 5.62. The predicted molar refractivity (Wildman–Crippen MR) is 100 cm³/mol. The van der Waals surface area contributed by atoms with Crippen molar-refractivity contribution >= 4 is 5.82 Å². The van der Waals surface area contributed by atoms with Crippen LogP contribution in [0.2, 0.25) is 0 Å². The van der Waals surface area contributed by atoms with Crippen LogP contribution in [0.4, 0.5) is 5.82 Å². The molecule has 1 atom stereocenters. The van der Waals surface area contributed by atoms with Gasteiger partial charge in [-0.25, -0.2) is 4.98 Å². The van der Waals surface area contributed by atoms with Gasteiger partial charge in [-0.05, 0) is 17.7 Å². The molecule has 4 rings (SSSR count). The smallest absolute Gasteiger partial charge is 0.142 e. The lowest BCUT2D eigenvalue weighted by Crippen LogP contribution is -2.33. The molecule has 3 aromatic rings. The van der Waals surface area contributed by atoms with E-state index >= 15 is 0 Å². The van der Waals surface area contributed by atoms with Gasteiger partial charge in [-0.1, -0.05) is 37.3 Å². The number of furan rings is 1. The number of aromatic nitrogens is 1.